The third-order valence-electron chi connectivity index (χ3n) is 5.42. The minimum Gasteiger partial charge on any atom is -0.376 e. The van der Waals surface area contributed by atoms with Crippen molar-refractivity contribution in [2.45, 2.75) is 43.2 Å². The summed E-state index contributed by atoms with van der Waals surface area (Å²) in [5.74, 6) is -2.43. The first-order chi connectivity index (χ1) is 16.2. The molecule has 2 aromatic rings. The summed E-state index contributed by atoms with van der Waals surface area (Å²) in [4.78, 5) is 27.0. The van der Waals surface area contributed by atoms with Crippen LogP contribution in [0.3, 0.4) is 0 Å². The summed E-state index contributed by atoms with van der Waals surface area (Å²) >= 11 is 0. The van der Waals surface area contributed by atoms with E-state index in [1.54, 1.807) is 6.92 Å². The van der Waals surface area contributed by atoms with E-state index < -0.39 is 46.1 Å². The molecule has 0 bridgehead atoms. The number of halogens is 2. The molecular formula is C23H27F2N3O5S. The molecule has 0 spiro atoms. The van der Waals surface area contributed by atoms with Crippen molar-refractivity contribution < 1.29 is 31.5 Å². The third-order valence-corrected chi connectivity index (χ3v) is 6.84. The van der Waals surface area contributed by atoms with Crippen molar-refractivity contribution in [3.8, 4) is 0 Å². The minimum atomic E-state index is -4.13. The number of benzene rings is 2. The van der Waals surface area contributed by atoms with Crippen LogP contribution in [0.4, 0.5) is 14.5 Å². The highest BCUT2D eigenvalue weighted by atomic mass is 32.2. The number of ether oxygens (including phenoxy) is 1. The van der Waals surface area contributed by atoms with E-state index in [-0.39, 0.29) is 29.7 Å². The molecule has 0 unspecified atom stereocenters. The predicted molar refractivity (Wildman–Crippen MR) is 122 cm³/mol. The maximum Gasteiger partial charge on any atom is 0.243 e. The van der Waals surface area contributed by atoms with E-state index >= 15 is 0 Å². The van der Waals surface area contributed by atoms with Gasteiger partial charge < -0.3 is 10.1 Å². The number of nitrogens with one attached hydrogen (secondary N) is 2. The van der Waals surface area contributed by atoms with E-state index in [1.807, 2.05) is 0 Å². The van der Waals surface area contributed by atoms with Crippen LogP contribution >= 0.6 is 0 Å². The maximum atomic E-state index is 13.9. The fourth-order valence-corrected chi connectivity index (χ4v) is 4.66. The van der Waals surface area contributed by atoms with Crippen LogP contribution in [-0.2, 0) is 24.3 Å². The lowest BCUT2D eigenvalue weighted by Gasteiger charge is -2.31. The van der Waals surface area contributed by atoms with Crippen LogP contribution in [0.25, 0.3) is 0 Å². The van der Waals surface area contributed by atoms with Gasteiger partial charge >= 0.3 is 0 Å². The highest BCUT2D eigenvalue weighted by Crippen LogP contribution is 2.21. The number of amides is 2. The van der Waals surface area contributed by atoms with E-state index in [4.69, 9.17) is 4.74 Å². The molecule has 0 aliphatic carbocycles. The van der Waals surface area contributed by atoms with Crippen LogP contribution in [0.15, 0.2) is 53.4 Å². The van der Waals surface area contributed by atoms with Gasteiger partial charge in [0.05, 0.1) is 17.5 Å². The van der Waals surface area contributed by atoms with E-state index in [2.05, 4.69) is 10.0 Å². The van der Waals surface area contributed by atoms with Gasteiger partial charge in [-0.05, 0) is 61.7 Å². The van der Waals surface area contributed by atoms with Crippen molar-refractivity contribution in [2.24, 2.45) is 0 Å². The molecule has 1 aliphatic rings. The van der Waals surface area contributed by atoms with Crippen molar-refractivity contribution in [1.82, 2.24) is 10.0 Å². The number of hydrogen-bond donors (Lipinski definition) is 2. The van der Waals surface area contributed by atoms with Crippen LogP contribution in [-0.4, -0.2) is 52.1 Å². The van der Waals surface area contributed by atoms with Gasteiger partial charge in [0.25, 0.3) is 0 Å². The molecule has 0 saturated carbocycles. The number of hydrogen-bond acceptors (Lipinski definition) is 5. The van der Waals surface area contributed by atoms with Gasteiger partial charge in [-0.15, -0.1) is 0 Å². The smallest absolute Gasteiger partial charge is 0.243 e. The molecule has 1 aliphatic heterocycles. The van der Waals surface area contributed by atoms with Crippen LogP contribution in [0.5, 0.6) is 0 Å². The van der Waals surface area contributed by atoms with E-state index in [1.165, 1.54) is 18.2 Å². The van der Waals surface area contributed by atoms with Gasteiger partial charge in [0.1, 0.15) is 17.7 Å². The molecule has 1 heterocycles. The summed E-state index contributed by atoms with van der Waals surface area (Å²) in [5, 5.41) is 2.77. The molecule has 1 saturated heterocycles. The van der Waals surface area contributed by atoms with Crippen LogP contribution in [0.1, 0.15) is 26.2 Å². The Balaban J connectivity index is 1.79. The minimum absolute atomic E-state index is 0.109. The number of nitrogens with zero attached hydrogens (tertiary/aromatic N) is 1. The molecule has 3 rings (SSSR count). The summed E-state index contributed by atoms with van der Waals surface area (Å²) in [6, 6.07) is 8.26. The van der Waals surface area contributed by atoms with Crippen molar-refractivity contribution in [3.63, 3.8) is 0 Å². The lowest BCUT2D eigenvalue weighted by atomic mass is 10.1. The van der Waals surface area contributed by atoms with Gasteiger partial charge in [-0.1, -0.05) is 13.0 Å². The first-order valence-corrected chi connectivity index (χ1v) is 12.4. The van der Waals surface area contributed by atoms with Crippen LogP contribution in [0.2, 0.25) is 0 Å². The second-order valence-corrected chi connectivity index (χ2v) is 9.59. The number of sulfonamides is 1. The molecule has 0 radical (unpaired) electrons. The van der Waals surface area contributed by atoms with Crippen molar-refractivity contribution in [2.75, 3.05) is 24.6 Å². The Kier molecular flexibility index (Phi) is 8.70. The molecule has 2 atom stereocenters. The Hall–Kier alpha value is -2.89. The van der Waals surface area contributed by atoms with Crippen molar-refractivity contribution >= 4 is 27.5 Å². The molecule has 2 N–H and O–H groups in total. The Labute approximate surface area is 197 Å². The average Bonchev–Trinajstić information content (AvgIpc) is 3.33. The standard InChI is InChI=1S/C23H27F2N3O5S/c1-2-21(23(30)26-14-19-7-4-12-33-19)28(18-6-3-5-17(25)13-18)22(29)15-27-34(31,32)20-10-8-16(24)9-11-20/h3,5-6,8-11,13,19,21,27H,2,4,7,12,14-15H2,1H3,(H,26,30)/t19-,21-/m0/s1. The maximum absolute atomic E-state index is 13.9. The van der Waals surface area contributed by atoms with Crippen molar-refractivity contribution in [3.05, 3.63) is 60.2 Å². The SMILES string of the molecule is CC[C@@H](C(=O)NC[C@@H]1CCCO1)N(C(=O)CNS(=O)(=O)c1ccc(F)cc1)c1cccc(F)c1. The van der Waals surface area contributed by atoms with E-state index in [0.29, 0.717) is 6.61 Å². The Morgan fingerprint density at radius 3 is 2.50 bits per heavy atom. The number of carbonyl (C=O) groups is 2. The average molecular weight is 496 g/mol. The molecular weight excluding hydrogens is 468 g/mol. The number of anilines is 1. The summed E-state index contributed by atoms with van der Waals surface area (Å²) in [7, 11) is -4.13. The van der Waals surface area contributed by atoms with Gasteiger partial charge in [-0.2, -0.15) is 0 Å². The zero-order valence-electron chi connectivity index (χ0n) is 18.7. The molecule has 2 amide bonds. The van der Waals surface area contributed by atoms with Gasteiger partial charge in [0.15, 0.2) is 0 Å². The Bertz CT molecular complexity index is 1110. The highest BCUT2D eigenvalue weighted by Gasteiger charge is 2.31. The van der Waals surface area contributed by atoms with Crippen LogP contribution in [0, 0.1) is 11.6 Å². The Morgan fingerprint density at radius 2 is 1.88 bits per heavy atom. The predicted octanol–water partition coefficient (Wildman–Crippen LogP) is 2.35. The fourth-order valence-electron chi connectivity index (χ4n) is 3.69. The third kappa shape index (κ3) is 6.58. The van der Waals surface area contributed by atoms with Crippen LogP contribution < -0.4 is 14.9 Å². The molecule has 1 fully saturated rings. The zero-order chi connectivity index (χ0) is 24.7. The second-order valence-electron chi connectivity index (χ2n) is 7.83. The van der Waals surface area contributed by atoms with Crippen molar-refractivity contribution in [1.29, 1.82) is 0 Å². The summed E-state index contributed by atoms with van der Waals surface area (Å²) in [6.07, 6.45) is 1.81. The van der Waals surface area contributed by atoms with E-state index in [9.17, 15) is 26.8 Å². The van der Waals surface area contributed by atoms with Gasteiger partial charge in [-0.25, -0.2) is 21.9 Å². The Morgan fingerprint density at radius 1 is 1.15 bits per heavy atom. The molecule has 184 valence electrons. The number of carbonyl (C=O) groups excluding carboxylic acids is 2. The van der Waals surface area contributed by atoms with Gasteiger partial charge in [-0.3, -0.25) is 14.5 Å². The lowest BCUT2D eigenvalue weighted by Crippen LogP contribution is -2.53. The summed E-state index contributed by atoms with van der Waals surface area (Å²) < 4.78 is 59.8. The summed E-state index contributed by atoms with van der Waals surface area (Å²) in [5.41, 5.74) is 0.116. The normalized spacial score (nSPS) is 16.7. The molecule has 11 heteroatoms. The molecule has 2 aromatic carbocycles. The van der Waals surface area contributed by atoms with E-state index in [0.717, 1.165) is 48.1 Å². The molecule has 34 heavy (non-hydrogen) atoms. The lowest BCUT2D eigenvalue weighted by molar-refractivity contribution is -0.126. The quantitative estimate of drug-likeness (QED) is 0.527. The first-order valence-electron chi connectivity index (χ1n) is 10.9. The summed E-state index contributed by atoms with van der Waals surface area (Å²) in [6.45, 7) is 1.90. The fraction of sp³-hybridized carbons (Fsp3) is 0.391. The molecule has 8 nitrogen and oxygen atoms in total. The largest absolute Gasteiger partial charge is 0.376 e. The zero-order valence-corrected chi connectivity index (χ0v) is 19.5. The second kappa shape index (κ2) is 11.5. The van der Waals surface area contributed by atoms with Gasteiger partial charge in [0.2, 0.25) is 21.8 Å². The topological polar surface area (TPSA) is 105 Å². The highest BCUT2D eigenvalue weighted by molar-refractivity contribution is 7.89. The van der Waals surface area contributed by atoms with Gasteiger partial charge in [0, 0.05) is 18.8 Å². The monoisotopic (exact) mass is 495 g/mol. The molecule has 0 aromatic heterocycles. The first kappa shape index (κ1) is 25.7. The number of rotatable bonds is 10.